The quantitative estimate of drug-likeness (QED) is 0.782. The Balaban J connectivity index is 1.97. The Morgan fingerprint density at radius 2 is 1.80 bits per heavy atom. The van der Waals surface area contributed by atoms with Crippen molar-refractivity contribution in [1.82, 2.24) is 0 Å². The topological polar surface area (TPSA) is 26.0 Å². The van der Waals surface area contributed by atoms with E-state index >= 15 is 0 Å². The van der Waals surface area contributed by atoms with Gasteiger partial charge in [-0.25, -0.2) is 0 Å². The number of nitrogens with two attached hydrogens (primary N) is 1. The molecule has 1 aromatic carbocycles. The summed E-state index contributed by atoms with van der Waals surface area (Å²) in [5, 5.41) is 0. The Morgan fingerprint density at radius 3 is 2.47 bits per heavy atom. The number of hydrogen-bond donors (Lipinski definition) is 1. The van der Waals surface area contributed by atoms with Crippen LogP contribution in [0.2, 0.25) is 0 Å². The summed E-state index contributed by atoms with van der Waals surface area (Å²) in [5.74, 6) is 0. The maximum atomic E-state index is 5.88. The molecule has 1 heteroatoms. The summed E-state index contributed by atoms with van der Waals surface area (Å²) in [6.45, 7) is 0.825. The Bertz CT molecular complexity index is 377. The minimum Gasteiger partial charge on any atom is -0.330 e. The molecular weight excluding hydrogens is 182 g/mol. The summed E-state index contributed by atoms with van der Waals surface area (Å²) in [4.78, 5) is 0. The van der Waals surface area contributed by atoms with Crippen LogP contribution in [0.3, 0.4) is 0 Å². The minimum absolute atomic E-state index is 0.368. The Kier molecular flexibility index (Phi) is 2.10. The van der Waals surface area contributed by atoms with Crippen molar-refractivity contribution >= 4 is 0 Å². The fourth-order valence-electron chi connectivity index (χ4n) is 2.82. The van der Waals surface area contributed by atoms with Gasteiger partial charge in [0.05, 0.1) is 0 Å². The van der Waals surface area contributed by atoms with E-state index in [-0.39, 0.29) is 0 Å². The molecular formula is C14H19N. The van der Waals surface area contributed by atoms with Crippen LogP contribution in [0.15, 0.2) is 18.2 Å². The molecule has 0 unspecified atom stereocenters. The molecule has 0 radical (unpaired) electrons. The molecule has 0 aromatic heterocycles. The second kappa shape index (κ2) is 3.34. The van der Waals surface area contributed by atoms with E-state index in [0.29, 0.717) is 5.41 Å². The van der Waals surface area contributed by atoms with Gasteiger partial charge in [-0.15, -0.1) is 0 Å². The van der Waals surface area contributed by atoms with Gasteiger partial charge in [-0.05, 0) is 55.2 Å². The first-order valence-electron chi connectivity index (χ1n) is 6.16. The van der Waals surface area contributed by atoms with Gasteiger partial charge in [-0.2, -0.15) is 0 Å². The molecule has 2 aliphatic rings. The van der Waals surface area contributed by atoms with Crippen molar-refractivity contribution in [2.24, 2.45) is 5.73 Å². The van der Waals surface area contributed by atoms with Crippen LogP contribution in [0, 0.1) is 0 Å². The molecule has 0 heterocycles. The third-order valence-corrected chi connectivity index (χ3v) is 4.21. The van der Waals surface area contributed by atoms with Crippen LogP contribution in [0.4, 0.5) is 0 Å². The van der Waals surface area contributed by atoms with E-state index in [1.165, 1.54) is 44.1 Å². The van der Waals surface area contributed by atoms with Crippen molar-refractivity contribution in [3.8, 4) is 0 Å². The van der Waals surface area contributed by atoms with E-state index in [9.17, 15) is 0 Å². The molecule has 1 nitrogen and oxygen atoms in total. The number of aryl methyl sites for hydroxylation is 2. The van der Waals surface area contributed by atoms with Crippen LogP contribution < -0.4 is 5.73 Å². The third kappa shape index (κ3) is 1.50. The van der Waals surface area contributed by atoms with E-state index in [2.05, 4.69) is 18.2 Å². The Labute approximate surface area is 91.7 Å². The lowest BCUT2D eigenvalue weighted by atomic mass is 9.86. The number of fused-ring (bicyclic) bond motifs is 1. The van der Waals surface area contributed by atoms with Gasteiger partial charge in [0.25, 0.3) is 0 Å². The minimum atomic E-state index is 0.368. The maximum Gasteiger partial charge on any atom is 0.00763 e. The van der Waals surface area contributed by atoms with Crippen LogP contribution in [-0.4, -0.2) is 6.54 Å². The number of hydrogen-bond acceptors (Lipinski definition) is 1. The SMILES string of the molecule is NCC1(c2ccc3c(c2)CCCC3)CC1. The standard InChI is InChI=1S/C14H19N/c15-10-14(7-8-14)13-6-5-11-3-1-2-4-12(11)9-13/h5-6,9H,1-4,7-8,10,15H2. The lowest BCUT2D eigenvalue weighted by molar-refractivity contribution is 0.670. The molecule has 2 aliphatic carbocycles. The highest BCUT2D eigenvalue weighted by Gasteiger charge is 2.42. The van der Waals surface area contributed by atoms with Gasteiger partial charge in [0, 0.05) is 12.0 Å². The van der Waals surface area contributed by atoms with Gasteiger partial charge in [0.1, 0.15) is 0 Å². The molecule has 80 valence electrons. The Morgan fingerprint density at radius 1 is 1.07 bits per heavy atom. The number of rotatable bonds is 2. The predicted octanol–water partition coefficient (Wildman–Crippen LogP) is 2.56. The summed E-state index contributed by atoms with van der Waals surface area (Å²) in [5.41, 5.74) is 10.9. The smallest absolute Gasteiger partial charge is 0.00763 e. The second-order valence-corrected chi connectivity index (χ2v) is 5.18. The van der Waals surface area contributed by atoms with E-state index in [4.69, 9.17) is 5.73 Å². The van der Waals surface area contributed by atoms with Crippen LogP contribution in [0.25, 0.3) is 0 Å². The summed E-state index contributed by atoms with van der Waals surface area (Å²) in [6, 6.07) is 7.11. The molecule has 15 heavy (non-hydrogen) atoms. The second-order valence-electron chi connectivity index (χ2n) is 5.18. The van der Waals surface area contributed by atoms with Gasteiger partial charge in [0.15, 0.2) is 0 Å². The molecule has 0 saturated heterocycles. The molecule has 1 fully saturated rings. The van der Waals surface area contributed by atoms with Gasteiger partial charge in [-0.3, -0.25) is 0 Å². The molecule has 0 aliphatic heterocycles. The van der Waals surface area contributed by atoms with E-state index in [1.807, 2.05) is 0 Å². The summed E-state index contributed by atoms with van der Waals surface area (Å²) in [7, 11) is 0. The fourth-order valence-corrected chi connectivity index (χ4v) is 2.82. The summed E-state index contributed by atoms with van der Waals surface area (Å²) in [6.07, 6.45) is 7.89. The Hall–Kier alpha value is -0.820. The highest BCUT2D eigenvalue weighted by molar-refractivity contribution is 5.40. The lowest BCUT2D eigenvalue weighted by Gasteiger charge is -2.20. The van der Waals surface area contributed by atoms with Gasteiger partial charge < -0.3 is 5.73 Å². The highest BCUT2D eigenvalue weighted by Crippen LogP contribution is 2.47. The van der Waals surface area contributed by atoms with Crippen LogP contribution in [-0.2, 0) is 18.3 Å². The molecule has 1 saturated carbocycles. The van der Waals surface area contributed by atoms with Gasteiger partial charge in [-0.1, -0.05) is 18.2 Å². The fraction of sp³-hybridized carbons (Fsp3) is 0.571. The van der Waals surface area contributed by atoms with Crippen LogP contribution >= 0.6 is 0 Å². The molecule has 0 amide bonds. The van der Waals surface area contributed by atoms with E-state index in [0.717, 1.165) is 6.54 Å². The first kappa shape index (κ1) is 9.41. The molecule has 0 atom stereocenters. The monoisotopic (exact) mass is 201 g/mol. The highest BCUT2D eigenvalue weighted by atomic mass is 14.7. The van der Waals surface area contributed by atoms with Crippen LogP contribution in [0.5, 0.6) is 0 Å². The molecule has 3 rings (SSSR count). The molecule has 0 spiro atoms. The summed E-state index contributed by atoms with van der Waals surface area (Å²) < 4.78 is 0. The third-order valence-electron chi connectivity index (χ3n) is 4.21. The molecule has 1 aromatic rings. The zero-order valence-corrected chi connectivity index (χ0v) is 9.26. The average Bonchev–Trinajstić information content (AvgIpc) is 3.09. The number of benzene rings is 1. The van der Waals surface area contributed by atoms with Gasteiger partial charge >= 0.3 is 0 Å². The van der Waals surface area contributed by atoms with Crippen molar-refractivity contribution in [3.63, 3.8) is 0 Å². The van der Waals surface area contributed by atoms with Gasteiger partial charge in [0.2, 0.25) is 0 Å². The molecule has 0 bridgehead atoms. The summed E-state index contributed by atoms with van der Waals surface area (Å²) >= 11 is 0. The first-order chi connectivity index (χ1) is 7.34. The predicted molar refractivity (Wildman–Crippen MR) is 63.1 cm³/mol. The normalized spacial score (nSPS) is 22.2. The van der Waals surface area contributed by atoms with Crippen molar-refractivity contribution in [3.05, 3.63) is 34.9 Å². The van der Waals surface area contributed by atoms with Crippen molar-refractivity contribution < 1.29 is 0 Å². The van der Waals surface area contributed by atoms with E-state index < -0.39 is 0 Å². The van der Waals surface area contributed by atoms with Crippen molar-refractivity contribution in [2.45, 2.75) is 43.9 Å². The zero-order valence-electron chi connectivity index (χ0n) is 9.26. The zero-order chi connectivity index (χ0) is 10.3. The van der Waals surface area contributed by atoms with Crippen molar-refractivity contribution in [1.29, 1.82) is 0 Å². The van der Waals surface area contributed by atoms with Crippen molar-refractivity contribution in [2.75, 3.05) is 6.54 Å². The first-order valence-corrected chi connectivity index (χ1v) is 6.16. The lowest BCUT2D eigenvalue weighted by Crippen LogP contribution is -2.20. The largest absolute Gasteiger partial charge is 0.330 e. The van der Waals surface area contributed by atoms with Crippen LogP contribution in [0.1, 0.15) is 42.4 Å². The maximum absolute atomic E-state index is 5.88. The van der Waals surface area contributed by atoms with E-state index in [1.54, 1.807) is 11.1 Å². The molecule has 2 N–H and O–H groups in total. The average molecular weight is 201 g/mol.